The van der Waals surface area contributed by atoms with Crippen LogP contribution in [-0.4, -0.2) is 16.1 Å². The maximum absolute atomic E-state index is 11.9. The minimum atomic E-state index is -0.447. The monoisotopic (exact) mass is 288 g/mol. The number of nitrogens with one attached hydrogen (secondary N) is 1. The van der Waals surface area contributed by atoms with E-state index < -0.39 is 5.91 Å². The van der Waals surface area contributed by atoms with Crippen LogP contribution in [0.3, 0.4) is 0 Å². The largest absolute Gasteiger partial charge is 0.374 e. The molecule has 0 aliphatic rings. The third-order valence-electron chi connectivity index (χ3n) is 1.85. The molecule has 2 rings (SSSR count). The van der Waals surface area contributed by atoms with Crippen LogP contribution in [0.15, 0.2) is 18.2 Å². The van der Waals surface area contributed by atoms with Gasteiger partial charge in [0.2, 0.25) is 10.3 Å². The second-order valence-electron chi connectivity index (χ2n) is 3.00. The maximum atomic E-state index is 11.9. The molecule has 1 heterocycles. The Kier molecular flexibility index (Phi) is 3.46. The van der Waals surface area contributed by atoms with Crippen molar-refractivity contribution in [3.05, 3.63) is 33.8 Å². The summed E-state index contributed by atoms with van der Waals surface area (Å²) in [4.78, 5) is 11.9. The van der Waals surface area contributed by atoms with Crippen molar-refractivity contribution in [3.63, 3.8) is 0 Å². The summed E-state index contributed by atoms with van der Waals surface area (Å²) in [6.45, 7) is 0. The topological polar surface area (TPSA) is 80.9 Å². The number of benzene rings is 1. The molecule has 2 aromatic rings. The SMILES string of the molecule is Nc1nnc(NC(=O)c2c(Cl)cccc2Cl)s1. The Hall–Kier alpha value is -1.37. The zero-order valence-corrected chi connectivity index (χ0v) is 10.6. The van der Waals surface area contributed by atoms with E-state index in [9.17, 15) is 4.79 Å². The lowest BCUT2D eigenvalue weighted by Crippen LogP contribution is -2.12. The van der Waals surface area contributed by atoms with Gasteiger partial charge in [0.05, 0.1) is 15.6 Å². The number of hydrogen-bond acceptors (Lipinski definition) is 5. The molecule has 0 spiro atoms. The summed E-state index contributed by atoms with van der Waals surface area (Å²) in [6.07, 6.45) is 0. The van der Waals surface area contributed by atoms with Crippen molar-refractivity contribution in [2.45, 2.75) is 0 Å². The summed E-state index contributed by atoms with van der Waals surface area (Å²) in [6, 6.07) is 4.82. The molecular weight excluding hydrogens is 283 g/mol. The van der Waals surface area contributed by atoms with Crippen molar-refractivity contribution in [1.82, 2.24) is 10.2 Å². The van der Waals surface area contributed by atoms with Gasteiger partial charge < -0.3 is 5.73 Å². The van der Waals surface area contributed by atoms with Crippen LogP contribution in [0.5, 0.6) is 0 Å². The van der Waals surface area contributed by atoms with Gasteiger partial charge in [-0.3, -0.25) is 10.1 Å². The third-order valence-corrected chi connectivity index (χ3v) is 3.15. The Labute approximate surface area is 111 Å². The zero-order valence-electron chi connectivity index (χ0n) is 8.28. The van der Waals surface area contributed by atoms with Crippen LogP contribution in [0.25, 0.3) is 0 Å². The van der Waals surface area contributed by atoms with Crippen LogP contribution in [0.4, 0.5) is 10.3 Å². The van der Waals surface area contributed by atoms with Crippen molar-refractivity contribution in [2.75, 3.05) is 11.1 Å². The van der Waals surface area contributed by atoms with Gasteiger partial charge in [-0.25, -0.2) is 0 Å². The van der Waals surface area contributed by atoms with E-state index in [1.807, 2.05) is 0 Å². The Balaban J connectivity index is 2.26. The third kappa shape index (κ3) is 2.66. The minimum Gasteiger partial charge on any atom is -0.374 e. The molecule has 3 N–H and O–H groups in total. The molecule has 1 amide bonds. The molecule has 0 saturated carbocycles. The molecule has 0 atom stereocenters. The number of nitrogens with two attached hydrogens (primary N) is 1. The molecule has 88 valence electrons. The van der Waals surface area contributed by atoms with Crippen LogP contribution in [0.2, 0.25) is 10.0 Å². The zero-order chi connectivity index (χ0) is 12.4. The summed E-state index contributed by atoms with van der Waals surface area (Å²) in [5.41, 5.74) is 5.59. The van der Waals surface area contributed by atoms with Crippen LogP contribution in [-0.2, 0) is 0 Å². The Morgan fingerprint density at radius 1 is 1.29 bits per heavy atom. The Bertz CT molecular complexity index is 552. The second kappa shape index (κ2) is 4.87. The number of anilines is 2. The van der Waals surface area contributed by atoms with Gasteiger partial charge in [0.1, 0.15) is 0 Å². The van der Waals surface area contributed by atoms with Crippen LogP contribution >= 0.6 is 34.5 Å². The van der Waals surface area contributed by atoms with E-state index in [1.165, 1.54) is 0 Å². The first-order valence-corrected chi connectivity index (χ1v) is 5.99. The molecule has 0 aliphatic carbocycles. The molecule has 5 nitrogen and oxygen atoms in total. The lowest BCUT2D eigenvalue weighted by molar-refractivity contribution is 0.102. The first-order valence-electron chi connectivity index (χ1n) is 4.42. The first-order chi connectivity index (χ1) is 8.08. The summed E-state index contributed by atoms with van der Waals surface area (Å²) in [5, 5.41) is 10.9. The standard InChI is InChI=1S/C9H6Cl2N4OS/c10-4-2-1-3-5(11)6(4)7(16)13-9-15-14-8(12)17-9/h1-3H,(H2,12,14)(H,13,15,16). The average Bonchev–Trinajstić information content (AvgIpc) is 2.63. The molecule has 0 aliphatic heterocycles. The van der Waals surface area contributed by atoms with Gasteiger partial charge in [0.15, 0.2) is 0 Å². The predicted molar refractivity (Wildman–Crippen MR) is 68.7 cm³/mol. The van der Waals surface area contributed by atoms with E-state index >= 15 is 0 Å². The van der Waals surface area contributed by atoms with Crippen molar-refractivity contribution in [1.29, 1.82) is 0 Å². The van der Waals surface area contributed by atoms with Gasteiger partial charge in [0.25, 0.3) is 5.91 Å². The molecule has 1 aromatic heterocycles. The second-order valence-corrected chi connectivity index (χ2v) is 4.82. The minimum absolute atomic E-state index is 0.199. The molecule has 1 aromatic carbocycles. The fourth-order valence-corrected chi connectivity index (χ4v) is 2.23. The lowest BCUT2D eigenvalue weighted by Gasteiger charge is -2.05. The molecule has 0 radical (unpaired) electrons. The number of nitrogens with zero attached hydrogens (tertiary/aromatic N) is 2. The van der Waals surface area contributed by atoms with E-state index in [1.54, 1.807) is 18.2 Å². The number of nitrogen functional groups attached to an aromatic ring is 1. The van der Waals surface area contributed by atoms with E-state index in [-0.39, 0.29) is 20.7 Å². The van der Waals surface area contributed by atoms with Crippen LogP contribution in [0.1, 0.15) is 10.4 Å². The van der Waals surface area contributed by atoms with E-state index in [0.717, 1.165) is 11.3 Å². The fourth-order valence-electron chi connectivity index (χ4n) is 1.16. The van der Waals surface area contributed by atoms with Gasteiger partial charge in [-0.2, -0.15) is 0 Å². The highest BCUT2D eigenvalue weighted by Gasteiger charge is 2.16. The van der Waals surface area contributed by atoms with Crippen molar-refractivity contribution >= 4 is 50.7 Å². The quantitative estimate of drug-likeness (QED) is 0.890. The lowest BCUT2D eigenvalue weighted by atomic mass is 10.2. The molecular formula is C9H6Cl2N4OS. The normalized spacial score (nSPS) is 10.2. The molecule has 17 heavy (non-hydrogen) atoms. The molecule has 0 saturated heterocycles. The van der Waals surface area contributed by atoms with Gasteiger partial charge in [-0.1, -0.05) is 40.6 Å². The predicted octanol–water partition coefficient (Wildman–Crippen LogP) is 2.68. The molecule has 0 bridgehead atoms. The fraction of sp³-hybridized carbons (Fsp3) is 0. The number of rotatable bonds is 2. The highest BCUT2D eigenvalue weighted by atomic mass is 35.5. The summed E-state index contributed by atoms with van der Waals surface area (Å²) >= 11 is 12.8. The van der Waals surface area contributed by atoms with E-state index in [0.29, 0.717) is 5.13 Å². The maximum Gasteiger partial charge on any atom is 0.260 e. The first kappa shape index (κ1) is 12.1. The van der Waals surface area contributed by atoms with Crippen molar-refractivity contribution in [3.8, 4) is 0 Å². The number of halogens is 2. The summed E-state index contributed by atoms with van der Waals surface area (Å²) in [7, 11) is 0. The smallest absolute Gasteiger partial charge is 0.260 e. The highest BCUT2D eigenvalue weighted by Crippen LogP contribution is 2.26. The highest BCUT2D eigenvalue weighted by molar-refractivity contribution is 7.19. The van der Waals surface area contributed by atoms with E-state index in [2.05, 4.69) is 15.5 Å². The molecule has 0 unspecified atom stereocenters. The summed E-state index contributed by atoms with van der Waals surface area (Å²) in [5.74, 6) is -0.447. The number of hydrogen-bond donors (Lipinski definition) is 2. The van der Waals surface area contributed by atoms with Crippen molar-refractivity contribution in [2.24, 2.45) is 0 Å². The number of amides is 1. The van der Waals surface area contributed by atoms with Crippen LogP contribution in [0, 0.1) is 0 Å². The molecule has 0 fully saturated rings. The van der Waals surface area contributed by atoms with Gasteiger partial charge in [-0.15, -0.1) is 10.2 Å². The summed E-state index contributed by atoms with van der Waals surface area (Å²) < 4.78 is 0. The van der Waals surface area contributed by atoms with Gasteiger partial charge in [-0.05, 0) is 12.1 Å². The Morgan fingerprint density at radius 3 is 2.47 bits per heavy atom. The number of carbonyl (C=O) groups excluding carboxylic acids is 1. The Morgan fingerprint density at radius 2 is 1.94 bits per heavy atom. The van der Waals surface area contributed by atoms with E-state index in [4.69, 9.17) is 28.9 Å². The van der Waals surface area contributed by atoms with Crippen molar-refractivity contribution < 1.29 is 4.79 Å². The van der Waals surface area contributed by atoms with Crippen LogP contribution < -0.4 is 11.1 Å². The number of aromatic nitrogens is 2. The van der Waals surface area contributed by atoms with Gasteiger partial charge in [0, 0.05) is 0 Å². The number of carbonyl (C=O) groups is 1. The molecule has 8 heteroatoms. The average molecular weight is 289 g/mol. The van der Waals surface area contributed by atoms with Gasteiger partial charge >= 0.3 is 0 Å².